The smallest absolute Gasteiger partial charge is 0.369 e. The van der Waals surface area contributed by atoms with E-state index in [2.05, 4.69) is 20.4 Å². The molecule has 1 atom stereocenters. The number of hydrogen-bond acceptors (Lipinski definition) is 5. The van der Waals surface area contributed by atoms with Gasteiger partial charge >= 0.3 is 6.18 Å². The summed E-state index contributed by atoms with van der Waals surface area (Å²) in [6.45, 7) is 3.56. The van der Waals surface area contributed by atoms with Crippen molar-refractivity contribution in [3.05, 3.63) is 76.6 Å². The van der Waals surface area contributed by atoms with E-state index in [1.807, 2.05) is 10.9 Å². The standard InChI is InChI=1S/C25H29F3N6O/c1-16(24(29)35)20-5-3-2-4-18(20)6-7-22-21(25(26,27)28)14-31-23(33-22)12-17-13-32-34(15-17)19-8-10-30-11-9-19/h2-5,13-16,19,30H,6-12H2,1H3,(H2,29,35)/t16-/m0/s1. The van der Waals surface area contributed by atoms with Crippen LogP contribution < -0.4 is 11.1 Å². The Hall–Kier alpha value is -3.27. The van der Waals surface area contributed by atoms with Crippen LogP contribution in [0.5, 0.6) is 0 Å². The average molecular weight is 487 g/mol. The van der Waals surface area contributed by atoms with E-state index >= 15 is 0 Å². The second kappa shape index (κ2) is 10.6. The SMILES string of the molecule is C[C@H](C(N)=O)c1ccccc1CCc1nc(Cc2cnn(C3CCNCC3)c2)ncc1C(F)(F)F. The number of nitrogens with zero attached hydrogens (tertiary/aromatic N) is 4. The van der Waals surface area contributed by atoms with Gasteiger partial charge in [0.2, 0.25) is 5.91 Å². The number of amides is 1. The van der Waals surface area contributed by atoms with Crippen LogP contribution in [0.15, 0.2) is 42.9 Å². The Morgan fingerprint density at radius 2 is 1.94 bits per heavy atom. The number of carbonyl (C=O) groups excluding carboxylic acids is 1. The first-order valence-corrected chi connectivity index (χ1v) is 11.7. The van der Waals surface area contributed by atoms with Gasteiger partial charge < -0.3 is 11.1 Å². The number of aromatic nitrogens is 4. The van der Waals surface area contributed by atoms with Crippen molar-refractivity contribution in [2.75, 3.05) is 13.1 Å². The van der Waals surface area contributed by atoms with Gasteiger partial charge in [0, 0.05) is 18.8 Å². The molecule has 3 N–H and O–H groups in total. The molecular weight excluding hydrogens is 457 g/mol. The highest BCUT2D eigenvalue weighted by atomic mass is 19.4. The van der Waals surface area contributed by atoms with Gasteiger partial charge in [0.25, 0.3) is 0 Å². The molecule has 0 bridgehead atoms. The van der Waals surface area contributed by atoms with Crippen LogP contribution in [0.25, 0.3) is 0 Å². The molecule has 1 amide bonds. The highest BCUT2D eigenvalue weighted by Gasteiger charge is 2.35. The number of aryl methyl sites for hydroxylation is 2. The molecule has 186 valence electrons. The lowest BCUT2D eigenvalue weighted by atomic mass is 9.92. The van der Waals surface area contributed by atoms with Crippen molar-refractivity contribution in [1.29, 1.82) is 0 Å². The zero-order valence-corrected chi connectivity index (χ0v) is 19.6. The van der Waals surface area contributed by atoms with Crippen molar-refractivity contribution in [1.82, 2.24) is 25.1 Å². The Balaban J connectivity index is 1.54. The summed E-state index contributed by atoms with van der Waals surface area (Å²) < 4.78 is 43.0. The van der Waals surface area contributed by atoms with Crippen LogP contribution in [0.3, 0.4) is 0 Å². The van der Waals surface area contributed by atoms with Crippen LogP contribution in [0.1, 0.15) is 65.5 Å². The number of benzene rings is 1. The molecule has 1 saturated heterocycles. The molecule has 4 rings (SSSR count). The van der Waals surface area contributed by atoms with Gasteiger partial charge in [-0.1, -0.05) is 24.3 Å². The van der Waals surface area contributed by atoms with Gasteiger partial charge in [0.05, 0.1) is 29.4 Å². The van der Waals surface area contributed by atoms with Crippen molar-refractivity contribution >= 4 is 5.91 Å². The van der Waals surface area contributed by atoms with E-state index in [0.29, 0.717) is 30.3 Å². The van der Waals surface area contributed by atoms with Crippen LogP contribution in [-0.4, -0.2) is 38.7 Å². The third-order valence-electron chi connectivity index (χ3n) is 6.50. The van der Waals surface area contributed by atoms with E-state index in [0.717, 1.165) is 43.3 Å². The highest BCUT2D eigenvalue weighted by molar-refractivity contribution is 5.81. The predicted molar refractivity (Wildman–Crippen MR) is 125 cm³/mol. The minimum atomic E-state index is -4.56. The molecule has 3 aromatic rings. The maximum atomic E-state index is 13.7. The summed E-state index contributed by atoms with van der Waals surface area (Å²) in [6, 6.07) is 7.48. The van der Waals surface area contributed by atoms with Crippen LogP contribution in [0.4, 0.5) is 13.2 Å². The Morgan fingerprint density at radius 1 is 1.20 bits per heavy atom. The third-order valence-corrected chi connectivity index (χ3v) is 6.50. The fraction of sp³-hybridized carbons (Fsp3) is 0.440. The lowest BCUT2D eigenvalue weighted by Crippen LogP contribution is -2.29. The summed E-state index contributed by atoms with van der Waals surface area (Å²) in [5, 5.41) is 7.76. The number of nitrogens with one attached hydrogen (secondary N) is 1. The van der Waals surface area contributed by atoms with Gasteiger partial charge in [-0.15, -0.1) is 0 Å². The minimum absolute atomic E-state index is 0.0567. The fourth-order valence-corrected chi connectivity index (χ4v) is 4.48. The average Bonchev–Trinajstić information content (AvgIpc) is 3.31. The zero-order valence-electron chi connectivity index (χ0n) is 19.6. The second-order valence-corrected chi connectivity index (χ2v) is 8.95. The van der Waals surface area contributed by atoms with Gasteiger partial charge in [-0.05, 0) is 62.4 Å². The molecule has 1 fully saturated rings. The van der Waals surface area contributed by atoms with Crippen molar-refractivity contribution in [3.8, 4) is 0 Å². The number of nitrogens with two attached hydrogens (primary N) is 1. The maximum absolute atomic E-state index is 13.7. The largest absolute Gasteiger partial charge is 0.419 e. The lowest BCUT2D eigenvalue weighted by Gasteiger charge is -2.22. The molecule has 1 aromatic carbocycles. The number of carbonyl (C=O) groups is 1. The van der Waals surface area contributed by atoms with Crippen LogP contribution in [-0.2, 0) is 30.2 Å². The normalized spacial score (nSPS) is 15.8. The van der Waals surface area contributed by atoms with Gasteiger partial charge in [-0.2, -0.15) is 18.3 Å². The number of primary amides is 1. The van der Waals surface area contributed by atoms with Crippen LogP contribution >= 0.6 is 0 Å². The molecule has 3 heterocycles. The Kier molecular flexibility index (Phi) is 7.49. The van der Waals surface area contributed by atoms with Crippen molar-refractivity contribution in [3.63, 3.8) is 0 Å². The van der Waals surface area contributed by atoms with Crippen molar-refractivity contribution in [2.45, 2.75) is 57.2 Å². The van der Waals surface area contributed by atoms with Gasteiger partial charge in [0.1, 0.15) is 5.82 Å². The second-order valence-electron chi connectivity index (χ2n) is 8.95. The molecule has 1 aliphatic rings. The van der Waals surface area contributed by atoms with Crippen molar-refractivity contribution < 1.29 is 18.0 Å². The van der Waals surface area contributed by atoms with E-state index in [4.69, 9.17) is 5.73 Å². The number of halogens is 3. The Bertz CT molecular complexity index is 1170. The van der Waals surface area contributed by atoms with Gasteiger partial charge in [0.15, 0.2) is 0 Å². The first kappa shape index (κ1) is 24.8. The van der Waals surface area contributed by atoms with Gasteiger partial charge in [-0.25, -0.2) is 9.97 Å². The summed E-state index contributed by atoms with van der Waals surface area (Å²) in [6.07, 6.45) is 2.58. The molecule has 35 heavy (non-hydrogen) atoms. The molecule has 0 unspecified atom stereocenters. The molecule has 7 nitrogen and oxygen atoms in total. The summed E-state index contributed by atoms with van der Waals surface area (Å²) in [7, 11) is 0. The molecule has 0 radical (unpaired) electrons. The maximum Gasteiger partial charge on any atom is 0.419 e. The molecule has 10 heteroatoms. The van der Waals surface area contributed by atoms with Gasteiger partial charge in [-0.3, -0.25) is 9.48 Å². The third kappa shape index (κ3) is 6.05. The molecule has 0 saturated carbocycles. The Morgan fingerprint density at radius 3 is 2.66 bits per heavy atom. The number of piperidine rings is 1. The molecule has 0 spiro atoms. The van der Waals surface area contributed by atoms with E-state index in [1.165, 1.54) is 0 Å². The summed E-state index contributed by atoms with van der Waals surface area (Å²) >= 11 is 0. The highest BCUT2D eigenvalue weighted by Crippen LogP contribution is 2.32. The first-order valence-electron chi connectivity index (χ1n) is 11.7. The monoisotopic (exact) mass is 486 g/mol. The number of alkyl halides is 3. The predicted octanol–water partition coefficient (Wildman–Crippen LogP) is 3.58. The van der Waals surface area contributed by atoms with Crippen LogP contribution in [0, 0.1) is 0 Å². The molecule has 0 aliphatic carbocycles. The summed E-state index contributed by atoms with van der Waals surface area (Å²) in [4.78, 5) is 20.0. The van der Waals surface area contributed by atoms with E-state index in [1.54, 1.807) is 37.4 Å². The lowest BCUT2D eigenvalue weighted by molar-refractivity contribution is -0.138. The minimum Gasteiger partial charge on any atom is -0.369 e. The molecule has 1 aliphatic heterocycles. The number of rotatable bonds is 8. The topological polar surface area (TPSA) is 98.7 Å². The fourth-order valence-electron chi connectivity index (χ4n) is 4.48. The Labute approximate surface area is 202 Å². The zero-order chi connectivity index (χ0) is 25.0. The van der Waals surface area contributed by atoms with E-state index in [-0.39, 0.29) is 12.1 Å². The van der Waals surface area contributed by atoms with Crippen LogP contribution in [0.2, 0.25) is 0 Å². The summed E-state index contributed by atoms with van der Waals surface area (Å²) in [5.74, 6) is -0.704. The first-order chi connectivity index (χ1) is 16.7. The number of hydrogen-bond donors (Lipinski definition) is 2. The summed E-state index contributed by atoms with van der Waals surface area (Å²) in [5.41, 5.74) is 6.89. The van der Waals surface area contributed by atoms with E-state index < -0.39 is 23.6 Å². The molecular formula is C25H29F3N6O. The quantitative estimate of drug-likeness (QED) is 0.507. The molecule has 2 aromatic heterocycles. The van der Waals surface area contributed by atoms with E-state index in [9.17, 15) is 18.0 Å². The van der Waals surface area contributed by atoms with Crippen molar-refractivity contribution in [2.24, 2.45) is 5.73 Å².